The van der Waals surface area contributed by atoms with Crippen LogP contribution < -0.4 is 10.6 Å². The Morgan fingerprint density at radius 1 is 1.06 bits per heavy atom. The van der Waals surface area contributed by atoms with Crippen LogP contribution in [0.5, 0.6) is 0 Å². The average molecular weight is 502 g/mol. The minimum atomic E-state index is -3.29. The molecule has 1 saturated heterocycles. The van der Waals surface area contributed by atoms with E-state index in [2.05, 4.69) is 26.8 Å². The Morgan fingerprint density at radius 3 is 2.51 bits per heavy atom. The summed E-state index contributed by atoms with van der Waals surface area (Å²) in [5.74, 6) is 1.39. The number of rotatable bonds is 9. The number of sulfonamides is 1. The summed E-state index contributed by atoms with van der Waals surface area (Å²) in [4.78, 5) is 16.6. The molecule has 1 aliphatic heterocycles. The van der Waals surface area contributed by atoms with Gasteiger partial charge in [0.05, 0.1) is 5.75 Å². The number of nitrogens with zero attached hydrogens (tertiary/aromatic N) is 3. The predicted molar refractivity (Wildman–Crippen MR) is 131 cm³/mol. The van der Waals surface area contributed by atoms with E-state index in [0.717, 1.165) is 50.8 Å². The molecule has 0 atom stereocenters. The van der Waals surface area contributed by atoms with Gasteiger partial charge in [0, 0.05) is 56.1 Å². The van der Waals surface area contributed by atoms with Crippen LogP contribution in [0.2, 0.25) is 0 Å². The smallest absolute Gasteiger partial charge is 0.273 e. The topological polar surface area (TPSA) is 117 Å². The molecule has 2 aromatic heterocycles. The van der Waals surface area contributed by atoms with Crippen molar-refractivity contribution < 1.29 is 17.7 Å². The highest BCUT2D eigenvalue weighted by Crippen LogP contribution is 2.40. The Labute approximate surface area is 207 Å². The van der Waals surface area contributed by atoms with Gasteiger partial charge < -0.3 is 15.2 Å². The van der Waals surface area contributed by atoms with Gasteiger partial charge in [0.15, 0.2) is 5.69 Å². The van der Waals surface area contributed by atoms with Crippen LogP contribution >= 0.6 is 0 Å². The molecule has 3 fully saturated rings. The maximum atomic E-state index is 13.1. The third-order valence-electron chi connectivity index (χ3n) is 7.53. The third-order valence-corrected chi connectivity index (χ3v) is 9.58. The van der Waals surface area contributed by atoms with Crippen LogP contribution in [0.1, 0.15) is 79.1 Å². The molecule has 2 saturated carbocycles. The minimum Gasteiger partial charge on any atom is -0.360 e. The van der Waals surface area contributed by atoms with Crippen molar-refractivity contribution in [2.45, 2.75) is 75.9 Å². The van der Waals surface area contributed by atoms with Crippen LogP contribution in [0.25, 0.3) is 0 Å². The van der Waals surface area contributed by atoms with Crippen LogP contribution in [0.3, 0.4) is 0 Å². The van der Waals surface area contributed by atoms with E-state index in [4.69, 9.17) is 4.52 Å². The minimum absolute atomic E-state index is 0.0450. The summed E-state index contributed by atoms with van der Waals surface area (Å²) < 4.78 is 33.0. The molecule has 2 N–H and O–H groups in total. The van der Waals surface area contributed by atoms with Gasteiger partial charge in [-0.1, -0.05) is 11.2 Å². The molecule has 1 amide bonds. The third kappa shape index (κ3) is 6.48. The van der Waals surface area contributed by atoms with E-state index < -0.39 is 10.0 Å². The SMILES string of the molecule is O=C(NC1CCN(S(=O)(=O)CC2CCC(NCc3cccnc3)CC2)CC1)c1cc(C2CC2)on1. The number of pyridine rings is 1. The van der Waals surface area contributed by atoms with Crippen molar-refractivity contribution in [2.75, 3.05) is 18.8 Å². The fourth-order valence-electron chi connectivity index (χ4n) is 5.20. The molecule has 10 heteroatoms. The molecule has 3 aliphatic rings. The predicted octanol–water partition coefficient (Wildman–Crippen LogP) is 2.82. The number of aromatic nitrogens is 2. The summed E-state index contributed by atoms with van der Waals surface area (Å²) >= 11 is 0. The molecule has 0 aromatic carbocycles. The van der Waals surface area contributed by atoms with Crippen LogP contribution in [0.15, 0.2) is 35.1 Å². The first-order chi connectivity index (χ1) is 17.0. The van der Waals surface area contributed by atoms with Crippen molar-refractivity contribution in [3.8, 4) is 0 Å². The van der Waals surface area contributed by atoms with Crippen LogP contribution in [-0.4, -0.2) is 59.7 Å². The quantitative estimate of drug-likeness (QED) is 0.542. The number of hydrogen-bond acceptors (Lipinski definition) is 7. The zero-order chi connectivity index (χ0) is 24.3. The zero-order valence-corrected chi connectivity index (χ0v) is 20.9. The number of nitrogens with one attached hydrogen (secondary N) is 2. The van der Waals surface area contributed by atoms with E-state index >= 15 is 0 Å². The summed E-state index contributed by atoms with van der Waals surface area (Å²) in [6.45, 7) is 1.69. The first-order valence-electron chi connectivity index (χ1n) is 12.8. The van der Waals surface area contributed by atoms with Gasteiger partial charge >= 0.3 is 0 Å². The van der Waals surface area contributed by atoms with Crippen LogP contribution in [0, 0.1) is 5.92 Å². The van der Waals surface area contributed by atoms with Gasteiger partial charge in [-0.2, -0.15) is 0 Å². The lowest BCUT2D eigenvalue weighted by Gasteiger charge is -2.34. The molecule has 5 rings (SSSR count). The van der Waals surface area contributed by atoms with Gasteiger partial charge in [0.2, 0.25) is 10.0 Å². The normalized spacial score (nSPS) is 24.3. The van der Waals surface area contributed by atoms with E-state index in [-0.39, 0.29) is 23.6 Å². The molecule has 0 bridgehead atoms. The molecule has 9 nitrogen and oxygen atoms in total. The summed E-state index contributed by atoms with van der Waals surface area (Å²) in [6, 6.07) is 6.12. The lowest BCUT2D eigenvalue weighted by molar-refractivity contribution is 0.0914. The highest BCUT2D eigenvalue weighted by atomic mass is 32.2. The van der Waals surface area contributed by atoms with Crippen LogP contribution in [0.4, 0.5) is 0 Å². The largest absolute Gasteiger partial charge is 0.360 e. The van der Waals surface area contributed by atoms with Crippen LogP contribution in [-0.2, 0) is 16.6 Å². The Balaban J connectivity index is 1.02. The molecule has 190 valence electrons. The average Bonchev–Trinajstić information content (AvgIpc) is 3.60. The fourth-order valence-corrected chi connectivity index (χ4v) is 7.10. The second kappa shape index (κ2) is 10.8. The summed E-state index contributed by atoms with van der Waals surface area (Å²) in [5, 5.41) is 10.5. The van der Waals surface area contributed by atoms with E-state index in [0.29, 0.717) is 43.6 Å². The molecule has 35 heavy (non-hydrogen) atoms. The molecule has 3 heterocycles. The van der Waals surface area contributed by atoms with E-state index in [1.54, 1.807) is 16.6 Å². The van der Waals surface area contributed by atoms with Gasteiger partial charge in [-0.15, -0.1) is 0 Å². The maximum Gasteiger partial charge on any atom is 0.273 e. The molecule has 2 aliphatic carbocycles. The summed E-state index contributed by atoms with van der Waals surface area (Å²) in [6.07, 6.45) is 10.9. The van der Waals surface area contributed by atoms with Gasteiger partial charge in [-0.3, -0.25) is 9.78 Å². The highest BCUT2D eigenvalue weighted by Gasteiger charge is 2.33. The van der Waals surface area contributed by atoms with Gasteiger partial charge in [0.1, 0.15) is 5.76 Å². The van der Waals surface area contributed by atoms with E-state index in [9.17, 15) is 13.2 Å². The van der Waals surface area contributed by atoms with E-state index in [1.807, 2.05) is 12.3 Å². The molecule has 0 spiro atoms. The van der Waals surface area contributed by atoms with Gasteiger partial charge in [0.25, 0.3) is 5.91 Å². The van der Waals surface area contributed by atoms with Crippen molar-refractivity contribution in [1.82, 2.24) is 25.1 Å². The maximum absolute atomic E-state index is 13.1. The van der Waals surface area contributed by atoms with Gasteiger partial charge in [-0.05, 0) is 68.9 Å². The molecule has 0 unspecified atom stereocenters. The fraction of sp³-hybridized carbons (Fsp3) is 0.640. The van der Waals surface area contributed by atoms with E-state index in [1.165, 1.54) is 5.56 Å². The first kappa shape index (κ1) is 24.4. The van der Waals surface area contributed by atoms with Crippen molar-refractivity contribution in [2.24, 2.45) is 5.92 Å². The lowest BCUT2D eigenvalue weighted by Crippen LogP contribution is -2.47. The molecular formula is C25H35N5O4S. The first-order valence-corrected chi connectivity index (χ1v) is 14.4. The molecule has 2 aromatic rings. The summed E-state index contributed by atoms with van der Waals surface area (Å²) in [5.41, 5.74) is 1.48. The number of carbonyl (C=O) groups excluding carboxylic acids is 1. The number of carbonyl (C=O) groups is 1. The Morgan fingerprint density at radius 2 is 1.83 bits per heavy atom. The Hall–Kier alpha value is -2.30. The van der Waals surface area contributed by atoms with Crippen molar-refractivity contribution in [1.29, 1.82) is 0 Å². The zero-order valence-electron chi connectivity index (χ0n) is 20.1. The van der Waals surface area contributed by atoms with Gasteiger partial charge in [-0.25, -0.2) is 12.7 Å². The lowest BCUT2D eigenvalue weighted by atomic mass is 9.87. The Kier molecular flexibility index (Phi) is 7.50. The highest BCUT2D eigenvalue weighted by molar-refractivity contribution is 7.89. The number of amides is 1. The number of piperidine rings is 1. The monoisotopic (exact) mass is 501 g/mol. The number of hydrogen-bond donors (Lipinski definition) is 2. The standard InChI is InChI=1S/C25H35N5O4S/c31-25(23-14-24(34-29-23)20-5-6-20)28-22-9-12-30(13-10-22)35(32,33)17-18-3-7-21(8-4-18)27-16-19-2-1-11-26-15-19/h1-2,11,14-15,18,20-22,27H,3-10,12-13,16-17H2,(H,28,31). The second-order valence-corrected chi connectivity index (χ2v) is 12.3. The summed E-state index contributed by atoms with van der Waals surface area (Å²) in [7, 11) is -3.29. The second-order valence-electron chi connectivity index (χ2n) is 10.3. The van der Waals surface area contributed by atoms with Crippen molar-refractivity contribution >= 4 is 15.9 Å². The van der Waals surface area contributed by atoms with Crippen molar-refractivity contribution in [3.05, 3.63) is 47.6 Å². The Bertz CT molecular complexity index is 1090. The van der Waals surface area contributed by atoms with Crippen molar-refractivity contribution in [3.63, 3.8) is 0 Å². The molecular weight excluding hydrogens is 466 g/mol. The molecule has 0 radical (unpaired) electrons.